The summed E-state index contributed by atoms with van der Waals surface area (Å²) in [5.41, 5.74) is 0.872. The van der Waals surface area contributed by atoms with Crippen molar-refractivity contribution in [2.75, 3.05) is 37.7 Å². The first-order chi connectivity index (χ1) is 19.1. The average Bonchev–Trinajstić information content (AvgIpc) is 3.62. The minimum absolute atomic E-state index is 0.000952. The number of carbonyl (C=O) groups is 1. The number of halogens is 4. The predicted octanol–water partition coefficient (Wildman–Crippen LogP) is 2.23. The Labute approximate surface area is 230 Å². The molecule has 1 N–H and O–H groups in total. The Morgan fingerprint density at radius 2 is 1.93 bits per heavy atom. The van der Waals surface area contributed by atoms with Gasteiger partial charge in [-0.05, 0) is 30.5 Å². The number of alkyl halides is 3. The number of aromatic nitrogens is 4. The van der Waals surface area contributed by atoms with Crippen molar-refractivity contribution in [1.29, 1.82) is 0 Å². The zero-order valence-corrected chi connectivity index (χ0v) is 22.2. The lowest BCUT2D eigenvalue weighted by molar-refractivity contribution is -0.203. The molecule has 2 aromatic heterocycles. The van der Waals surface area contributed by atoms with Crippen molar-refractivity contribution in [2.24, 2.45) is 0 Å². The van der Waals surface area contributed by atoms with Gasteiger partial charge in [0, 0.05) is 37.0 Å². The second kappa shape index (κ2) is 11.1. The van der Waals surface area contributed by atoms with Crippen LogP contribution in [0.2, 0.25) is 5.02 Å². The molecule has 40 heavy (non-hydrogen) atoms. The van der Waals surface area contributed by atoms with E-state index >= 15 is 0 Å². The van der Waals surface area contributed by atoms with Gasteiger partial charge in [-0.1, -0.05) is 29.8 Å². The summed E-state index contributed by atoms with van der Waals surface area (Å²) in [6, 6.07) is 7.01. The normalized spacial score (nSPS) is 15.4. The molecule has 0 radical (unpaired) electrons. The summed E-state index contributed by atoms with van der Waals surface area (Å²) in [6.07, 6.45) is -4.51. The van der Waals surface area contributed by atoms with E-state index in [9.17, 15) is 27.6 Å². The second-order valence-corrected chi connectivity index (χ2v) is 9.65. The van der Waals surface area contributed by atoms with Crippen LogP contribution < -0.4 is 21.5 Å². The predicted molar refractivity (Wildman–Crippen MR) is 139 cm³/mol. The van der Waals surface area contributed by atoms with E-state index in [4.69, 9.17) is 16.3 Å². The van der Waals surface area contributed by atoms with Crippen molar-refractivity contribution in [2.45, 2.75) is 39.3 Å². The number of nitrogens with zero attached hydrogens (tertiary/aromatic N) is 5. The molecule has 0 atom stereocenters. The SMILES string of the molecule is CCOCCn1c(=O)c2c(nc(N3CCC4=C3CNC4)n2Cc2ccccc2Cl)n(COC(=O)C(F)(F)F)c1=O. The van der Waals surface area contributed by atoms with Gasteiger partial charge in [0.1, 0.15) is 0 Å². The standard InChI is InChI=1S/C25H26ClF3N6O5/c1-2-39-10-9-33-21(36)19-20(35(24(33)38)14-40-22(37)25(27,28)29)31-23(32-8-7-15-11-30-12-18(15)32)34(19)13-16-5-3-4-6-17(16)26/h3-6,30H,2,7-14H2,1H3. The van der Waals surface area contributed by atoms with Crippen molar-refractivity contribution in [3.05, 3.63) is 67.0 Å². The van der Waals surface area contributed by atoms with Crippen molar-refractivity contribution in [3.63, 3.8) is 0 Å². The average molecular weight is 583 g/mol. The fourth-order valence-corrected chi connectivity index (χ4v) is 5.13. The third-order valence-corrected chi connectivity index (χ3v) is 7.21. The lowest BCUT2D eigenvalue weighted by Gasteiger charge is -2.22. The van der Waals surface area contributed by atoms with Gasteiger partial charge >= 0.3 is 17.8 Å². The molecule has 0 bridgehead atoms. The summed E-state index contributed by atoms with van der Waals surface area (Å²) in [5.74, 6) is -2.15. The van der Waals surface area contributed by atoms with Gasteiger partial charge < -0.3 is 19.7 Å². The topological polar surface area (TPSA) is 113 Å². The molecule has 0 amide bonds. The molecule has 0 saturated carbocycles. The van der Waals surface area contributed by atoms with Gasteiger partial charge in [0.05, 0.1) is 19.7 Å². The maximum Gasteiger partial charge on any atom is 0.490 e. The maximum atomic E-state index is 13.8. The number of fused-ring (bicyclic) bond motifs is 1. The van der Waals surface area contributed by atoms with Crippen molar-refractivity contribution >= 4 is 34.7 Å². The largest absolute Gasteiger partial charge is 0.490 e. The van der Waals surface area contributed by atoms with E-state index in [0.29, 0.717) is 42.8 Å². The highest BCUT2D eigenvalue weighted by Gasteiger charge is 2.41. The Morgan fingerprint density at radius 3 is 2.65 bits per heavy atom. The summed E-state index contributed by atoms with van der Waals surface area (Å²) < 4.78 is 51.7. The fraction of sp³-hybridized carbons (Fsp3) is 0.440. The van der Waals surface area contributed by atoms with E-state index in [1.54, 1.807) is 35.8 Å². The first-order valence-electron chi connectivity index (χ1n) is 12.6. The van der Waals surface area contributed by atoms with Gasteiger partial charge in [0.25, 0.3) is 5.56 Å². The fourth-order valence-electron chi connectivity index (χ4n) is 4.93. The number of hydrogen-bond donors (Lipinski definition) is 1. The Morgan fingerprint density at radius 1 is 1.15 bits per heavy atom. The number of anilines is 1. The number of ether oxygens (including phenoxy) is 2. The summed E-state index contributed by atoms with van der Waals surface area (Å²) in [6.45, 7) is 2.71. The molecule has 1 aromatic carbocycles. The number of rotatable bonds is 9. The Bertz CT molecular complexity index is 1610. The van der Waals surface area contributed by atoms with E-state index in [-0.39, 0.29) is 30.9 Å². The monoisotopic (exact) mass is 582 g/mol. The minimum Gasteiger partial charge on any atom is -0.437 e. The van der Waals surface area contributed by atoms with Gasteiger partial charge in [-0.25, -0.2) is 14.2 Å². The van der Waals surface area contributed by atoms with Gasteiger partial charge in [-0.15, -0.1) is 0 Å². The molecule has 5 rings (SSSR count). The van der Waals surface area contributed by atoms with Crippen LogP contribution in [0, 0.1) is 0 Å². The first kappa shape index (κ1) is 27.9. The number of carbonyl (C=O) groups excluding carboxylic acids is 1. The number of benzene rings is 1. The van der Waals surface area contributed by atoms with E-state index in [1.807, 2.05) is 4.90 Å². The van der Waals surface area contributed by atoms with Crippen LogP contribution in [-0.2, 0) is 34.1 Å². The third-order valence-electron chi connectivity index (χ3n) is 6.84. The van der Waals surface area contributed by atoms with Crippen molar-refractivity contribution < 1.29 is 27.4 Å². The third kappa shape index (κ3) is 5.13. The van der Waals surface area contributed by atoms with E-state index in [0.717, 1.165) is 21.3 Å². The lowest BCUT2D eigenvalue weighted by atomic mass is 10.2. The van der Waals surface area contributed by atoms with Crippen molar-refractivity contribution in [3.8, 4) is 0 Å². The summed E-state index contributed by atoms with van der Waals surface area (Å²) in [4.78, 5) is 45.3. The van der Waals surface area contributed by atoms with Gasteiger partial charge in [0.15, 0.2) is 17.9 Å². The van der Waals surface area contributed by atoms with Gasteiger partial charge in [0.2, 0.25) is 5.95 Å². The van der Waals surface area contributed by atoms with Crippen LogP contribution in [-0.4, -0.2) is 63.7 Å². The molecule has 0 saturated heterocycles. The van der Waals surface area contributed by atoms with Gasteiger partial charge in [-0.2, -0.15) is 18.2 Å². The zero-order chi connectivity index (χ0) is 28.6. The highest BCUT2D eigenvalue weighted by Crippen LogP contribution is 2.33. The Balaban J connectivity index is 1.73. The minimum atomic E-state index is -5.27. The molecular formula is C25H26ClF3N6O5. The second-order valence-electron chi connectivity index (χ2n) is 9.24. The van der Waals surface area contributed by atoms with E-state index in [2.05, 4.69) is 15.0 Å². The van der Waals surface area contributed by atoms with Crippen LogP contribution in [0.25, 0.3) is 11.2 Å². The molecule has 0 fully saturated rings. The quantitative estimate of drug-likeness (QED) is 0.302. The van der Waals surface area contributed by atoms with Gasteiger partial charge in [-0.3, -0.25) is 13.9 Å². The summed E-state index contributed by atoms with van der Waals surface area (Å²) in [5, 5.41) is 3.71. The van der Waals surface area contributed by atoms with Crippen LogP contribution in [0.1, 0.15) is 18.9 Å². The molecule has 0 aliphatic carbocycles. The highest BCUT2D eigenvalue weighted by atomic mass is 35.5. The molecule has 2 aliphatic heterocycles. The number of nitrogens with one attached hydrogen (secondary N) is 1. The lowest BCUT2D eigenvalue weighted by Crippen LogP contribution is -2.42. The highest BCUT2D eigenvalue weighted by molar-refractivity contribution is 6.31. The van der Waals surface area contributed by atoms with E-state index in [1.165, 1.54) is 5.57 Å². The number of imidazole rings is 1. The zero-order valence-electron chi connectivity index (χ0n) is 21.5. The smallest absolute Gasteiger partial charge is 0.437 e. The number of esters is 1. The van der Waals surface area contributed by atoms with Crippen LogP contribution in [0.15, 0.2) is 45.1 Å². The molecule has 2 aliphatic rings. The molecule has 0 unspecified atom stereocenters. The summed E-state index contributed by atoms with van der Waals surface area (Å²) in [7, 11) is 0. The summed E-state index contributed by atoms with van der Waals surface area (Å²) >= 11 is 6.45. The molecule has 4 heterocycles. The molecule has 15 heteroatoms. The molecular weight excluding hydrogens is 557 g/mol. The van der Waals surface area contributed by atoms with Crippen LogP contribution in [0.5, 0.6) is 0 Å². The molecule has 3 aromatic rings. The van der Waals surface area contributed by atoms with Crippen LogP contribution >= 0.6 is 11.6 Å². The molecule has 0 spiro atoms. The first-order valence-corrected chi connectivity index (χ1v) is 13.0. The van der Waals surface area contributed by atoms with E-state index < -0.39 is 30.1 Å². The van der Waals surface area contributed by atoms with Crippen LogP contribution in [0.4, 0.5) is 19.1 Å². The van der Waals surface area contributed by atoms with Crippen molar-refractivity contribution in [1.82, 2.24) is 24.0 Å². The Hall–Kier alpha value is -3.62. The Kier molecular flexibility index (Phi) is 7.75. The molecule has 11 nitrogen and oxygen atoms in total. The number of hydrogen-bond acceptors (Lipinski definition) is 8. The molecule has 214 valence electrons. The maximum absolute atomic E-state index is 13.8. The van der Waals surface area contributed by atoms with Crippen LogP contribution in [0.3, 0.4) is 0 Å².